The summed E-state index contributed by atoms with van der Waals surface area (Å²) in [6.45, 7) is 5.60. The number of ether oxygens (including phenoxy) is 1. The van der Waals surface area contributed by atoms with Crippen LogP contribution in [-0.2, 0) is 14.3 Å². The lowest BCUT2D eigenvalue weighted by molar-refractivity contribution is -0.166. The third-order valence-corrected chi connectivity index (χ3v) is 3.25. The van der Waals surface area contributed by atoms with Gasteiger partial charge in [-0.2, -0.15) is 0 Å². The van der Waals surface area contributed by atoms with Crippen molar-refractivity contribution in [2.24, 2.45) is 11.8 Å². The average Bonchev–Trinajstić information content (AvgIpc) is 2.13. The van der Waals surface area contributed by atoms with Gasteiger partial charge in [-0.1, -0.05) is 6.42 Å². The number of hydrogen-bond acceptors (Lipinski definition) is 3. The molecule has 1 amide bonds. The Morgan fingerprint density at radius 1 is 1.38 bits per heavy atom. The SMILES string of the molecule is CC(C)(C)OC(=O)C1CCC[C@H]2C(=O)N[C@H]12. The highest BCUT2D eigenvalue weighted by atomic mass is 16.6. The molecule has 1 N–H and O–H groups in total. The molecule has 1 heterocycles. The van der Waals surface area contributed by atoms with Gasteiger partial charge in [0.15, 0.2) is 0 Å². The lowest BCUT2D eigenvalue weighted by atomic mass is 9.71. The molecule has 3 atom stereocenters. The first-order valence-electron chi connectivity index (χ1n) is 5.92. The monoisotopic (exact) mass is 225 g/mol. The maximum Gasteiger partial charge on any atom is 0.311 e. The van der Waals surface area contributed by atoms with Crippen LogP contribution in [0, 0.1) is 11.8 Å². The van der Waals surface area contributed by atoms with Crippen molar-refractivity contribution in [3.63, 3.8) is 0 Å². The van der Waals surface area contributed by atoms with Crippen LogP contribution >= 0.6 is 0 Å². The topological polar surface area (TPSA) is 55.4 Å². The van der Waals surface area contributed by atoms with Crippen LogP contribution in [0.3, 0.4) is 0 Å². The van der Waals surface area contributed by atoms with E-state index in [9.17, 15) is 9.59 Å². The largest absolute Gasteiger partial charge is 0.460 e. The smallest absolute Gasteiger partial charge is 0.311 e. The van der Waals surface area contributed by atoms with Crippen LogP contribution in [0.1, 0.15) is 40.0 Å². The molecule has 4 nitrogen and oxygen atoms in total. The molecule has 2 rings (SSSR count). The Kier molecular flexibility index (Phi) is 2.68. The molecule has 16 heavy (non-hydrogen) atoms. The number of nitrogens with one attached hydrogen (secondary N) is 1. The first kappa shape index (κ1) is 11.4. The lowest BCUT2D eigenvalue weighted by Crippen LogP contribution is -2.64. The maximum atomic E-state index is 11.9. The van der Waals surface area contributed by atoms with E-state index in [2.05, 4.69) is 5.32 Å². The van der Waals surface area contributed by atoms with E-state index in [1.54, 1.807) is 0 Å². The Labute approximate surface area is 95.7 Å². The highest BCUT2D eigenvalue weighted by Crippen LogP contribution is 2.36. The van der Waals surface area contributed by atoms with Crippen LogP contribution in [-0.4, -0.2) is 23.5 Å². The standard InChI is InChI=1S/C12H19NO3/c1-12(2,3)16-11(15)8-6-4-5-7-9(8)13-10(7)14/h7-9H,4-6H2,1-3H3,(H,13,14)/t7-,8?,9+/m1/s1. The molecule has 1 saturated heterocycles. The van der Waals surface area contributed by atoms with Crippen molar-refractivity contribution in [1.29, 1.82) is 0 Å². The van der Waals surface area contributed by atoms with Crippen molar-refractivity contribution in [3.05, 3.63) is 0 Å². The van der Waals surface area contributed by atoms with Crippen LogP contribution in [0.15, 0.2) is 0 Å². The molecule has 1 aliphatic heterocycles. The molecular formula is C12H19NO3. The van der Waals surface area contributed by atoms with Gasteiger partial charge in [0, 0.05) is 0 Å². The molecule has 90 valence electrons. The van der Waals surface area contributed by atoms with E-state index >= 15 is 0 Å². The Hall–Kier alpha value is -1.06. The second kappa shape index (κ2) is 3.75. The van der Waals surface area contributed by atoms with E-state index < -0.39 is 5.60 Å². The molecule has 0 spiro atoms. The quantitative estimate of drug-likeness (QED) is 0.539. The number of carbonyl (C=O) groups excluding carboxylic acids is 2. The highest BCUT2D eigenvalue weighted by Gasteiger charge is 2.49. The number of amides is 1. The predicted molar refractivity (Wildman–Crippen MR) is 58.6 cm³/mol. The van der Waals surface area contributed by atoms with E-state index in [1.807, 2.05) is 20.8 Å². The summed E-state index contributed by atoms with van der Waals surface area (Å²) in [5.74, 6) is -0.164. The third kappa shape index (κ3) is 2.06. The van der Waals surface area contributed by atoms with Crippen LogP contribution in [0.5, 0.6) is 0 Å². The van der Waals surface area contributed by atoms with Gasteiger partial charge >= 0.3 is 5.97 Å². The second-order valence-corrected chi connectivity index (χ2v) is 5.71. The predicted octanol–water partition coefficient (Wildman–Crippen LogP) is 1.24. The molecule has 4 heteroatoms. The van der Waals surface area contributed by atoms with Crippen molar-refractivity contribution < 1.29 is 14.3 Å². The summed E-state index contributed by atoms with van der Waals surface area (Å²) in [5.41, 5.74) is -0.447. The van der Waals surface area contributed by atoms with Gasteiger partial charge in [-0.3, -0.25) is 9.59 Å². The van der Waals surface area contributed by atoms with Gasteiger partial charge in [-0.15, -0.1) is 0 Å². The zero-order valence-electron chi connectivity index (χ0n) is 10.1. The van der Waals surface area contributed by atoms with Crippen LogP contribution in [0.4, 0.5) is 0 Å². The van der Waals surface area contributed by atoms with Crippen molar-refractivity contribution in [2.75, 3.05) is 0 Å². The summed E-state index contributed by atoms with van der Waals surface area (Å²) in [5, 5.41) is 2.82. The van der Waals surface area contributed by atoms with Crippen molar-refractivity contribution in [3.8, 4) is 0 Å². The fourth-order valence-electron chi connectivity index (χ4n) is 2.51. The Morgan fingerprint density at radius 2 is 2.06 bits per heavy atom. The Balaban J connectivity index is 1.99. The fraction of sp³-hybridized carbons (Fsp3) is 0.833. The van der Waals surface area contributed by atoms with Crippen LogP contribution < -0.4 is 5.32 Å². The molecule has 0 aromatic carbocycles. The molecular weight excluding hydrogens is 206 g/mol. The molecule has 0 aromatic heterocycles. The molecule has 1 aliphatic carbocycles. The molecule has 0 bridgehead atoms. The van der Waals surface area contributed by atoms with Gasteiger partial charge in [0.2, 0.25) is 5.91 Å². The molecule has 2 aliphatic rings. The Morgan fingerprint density at radius 3 is 2.62 bits per heavy atom. The lowest BCUT2D eigenvalue weighted by Gasteiger charge is -2.44. The van der Waals surface area contributed by atoms with Gasteiger partial charge in [0.05, 0.1) is 17.9 Å². The number of hydrogen-bond donors (Lipinski definition) is 1. The first-order chi connectivity index (χ1) is 7.38. The van der Waals surface area contributed by atoms with Gasteiger partial charge < -0.3 is 10.1 Å². The minimum atomic E-state index is -0.447. The summed E-state index contributed by atoms with van der Waals surface area (Å²) in [6.07, 6.45) is 2.69. The average molecular weight is 225 g/mol. The van der Waals surface area contributed by atoms with E-state index in [0.29, 0.717) is 0 Å². The molecule has 0 radical (unpaired) electrons. The van der Waals surface area contributed by atoms with Crippen molar-refractivity contribution >= 4 is 11.9 Å². The van der Waals surface area contributed by atoms with E-state index in [1.165, 1.54) is 0 Å². The number of fused-ring (bicyclic) bond motifs is 1. The normalized spacial score (nSPS) is 33.4. The number of rotatable bonds is 1. The van der Waals surface area contributed by atoms with Gasteiger partial charge in [-0.25, -0.2) is 0 Å². The van der Waals surface area contributed by atoms with Gasteiger partial charge in [0.1, 0.15) is 5.60 Å². The van der Waals surface area contributed by atoms with E-state index in [4.69, 9.17) is 4.74 Å². The van der Waals surface area contributed by atoms with E-state index in [-0.39, 0.29) is 29.8 Å². The molecule has 1 unspecified atom stereocenters. The first-order valence-corrected chi connectivity index (χ1v) is 5.92. The van der Waals surface area contributed by atoms with Crippen LogP contribution in [0.2, 0.25) is 0 Å². The fourth-order valence-corrected chi connectivity index (χ4v) is 2.51. The summed E-state index contributed by atoms with van der Waals surface area (Å²) in [4.78, 5) is 23.2. The van der Waals surface area contributed by atoms with Crippen molar-refractivity contribution in [2.45, 2.75) is 51.7 Å². The third-order valence-electron chi connectivity index (χ3n) is 3.25. The minimum Gasteiger partial charge on any atom is -0.460 e. The zero-order chi connectivity index (χ0) is 11.9. The van der Waals surface area contributed by atoms with Crippen LogP contribution in [0.25, 0.3) is 0 Å². The van der Waals surface area contributed by atoms with E-state index in [0.717, 1.165) is 19.3 Å². The van der Waals surface area contributed by atoms with Gasteiger partial charge in [0.25, 0.3) is 0 Å². The van der Waals surface area contributed by atoms with Gasteiger partial charge in [-0.05, 0) is 33.6 Å². The summed E-state index contributed by atoms with van der Waals surface area (Å²) in [7, 11) is 0. The maximum absolute atomic E-state index is 11.9. The molecule has 0 aromatic rings. The Bertz CT molecular complexity index is 319. The molecule has 1 saturated carbocycles. The molecule has 2 fully saturated rings. The summed E-state index contributed by atoms with van der Waals surface area (Å²) < 4.78 is 5.37. The zero-order valence-corrected chi connectivity index (χ0v) is 10.1. The minimum absolute atomic E-state index is 0.0242. The second-order valence-electron chi connectivity index (χ2n) is 5.71. The number of carbonyl (C=O) groups is 2. The highest BCUT2D eigenvalue weighted by molar-refractivity contribution is 5.89. The number of β-lactam (4-membered cyclic amide) rings is 1. The van der Waals surface area contributed by atoms with Crippen molar-refractivity contribution in [1.82, 2.24) is 5.32 Å². The summed E-state index contributed by atoms with van der Waals surface area (Å²) in [6, 6.07) is 0.0242. The number of esters is 1. The summed E-state index contributed by atoms with van der Waals surface area (Å²) >= 11 is 0.